The van der Waals surface area contributed by atoms with E-state index < -0.39 is 6.10 Å². The molecule has 0 radical (unpaired) electrons. The molecular formula is C20H24N2O3. The lowest BCUT2D eigenvalue weighted by atomic mass is 10.1. The number of carbonyl (C=O) groups is 1. The molecule has 132 valence electrons. The summed E-state index contributed by atoms with van der Waals surface area (Å²) in [6.07, 6.45) is 5.29. The molecule has 2 amide bonds. The highest BCUT2D eigenvalue weighted by molar-refractivity contribution is 5.75. The van der Waals surface area contributed by atoms with E-state index in [-0.39, 0.29) is 18.1 Å². The van der Waals surface area contributed by atoms with Crippen LogP contribution >= 0.6 is 0 Å². The first kappa shape index (κ1) is 16.2. The molecule has 4 rings (SSSR count). The Morgan fingerprint density at radius 1 is 1.28 bits per heavy atom. The molecule has 25 heavy (non-hydrogen) atoms. The van der Waals surface area contributed by atoms with Crippen LogP contribution in [-0.4, -0.2) is 28.6 Å². The Balaban J connectivity index is 1.39. The standard InChI is InChI=1S/C20H24N2O3/c23-18(19-8-4-12-25-19)13-15-6-3-11-22(15)20(24)21-17-10-9-14-5-1-2-7-16(14)17/h1-2,4-5,7-8,12,15,17-18,23H,3,6,9-11,13H2,(H,21,24)/t15-,17+,18+/m0/s1. The Hall–Kier alpha value is -2.27. The molecule has 2 aliphatic rings. The minimum atomic E-state index is -0.666. The summed E-state index contributed by atoms with van der Waals surface area (Å²) in [5.41, 5.74) is 2.57. The lowest BCUT2D eigenvalue weighted by Gasteiger charge is -2.28. The summed E-state index contributed by atoms with van der Waals surface area (Å²) in [5.74, 6) is 0.567. The molecule has 1 aliphatic heterocycles. The first-order chi connectivity index (χ1) is 12.2. The quantitative estimate of drug-likeness (QED) is 0.894. The van der Waals surface area contributed by atoms with E-state index in [9.17, 15) is 9.90 Å². The second-order valence-corrected chi connectivity index (χ2v) is 7.00. The average molecular weight is 340 g/mol. The fraction of sp³-hybridized carbons (Fsp3) is 0.450. The molecule has 2 heterocycles. The van der Waals surface area contributed by atoms with E-state index in [0.717, 1.165) is 32.2 Å². The van der Waals surface area contributed by atoms with Gasteiger partial charge in [0.2, 0.25) is 0 Å². The number of aliphatic hydroxyl groups excluding tert-OH is 1. The number of hydrogen-bond acceptors (Lipinski definition) is 3. The Morgan fingerprint density at radius 2 is 2.16 bits per heavy atom. The first-order valence-electron chi connectivity index (χ1n) is 9.09. The third-order valence-corrected chi connectivity index (χ3v) is 5.44. The van der Waals surface area contributed by atoms with Crippen LogP contribution in [-0.2, 0) is 6.42 Å². The van der Waals surface area contributed by atoms with Crippen molar-refractivity contribution in [1.29, 1.82) is 0 Å². The zero-order chi connectivity index (χ0) is 17.2. The van der Waals surface area contributed by atoms with Crippen molar-refractivity contribution in [3.05, 3.63) is 59.5 Å². The maximum Gasteiger partial charge on any atom is 0.318 e. The van der Waals surface area contributed by atoms with Gasteiger partial charge >= 0.3 is 6.03 Å². The molecule has 5 heteroatoms. The van der Waals surface area contributed by atoms with Crippen molar-refractivity contribution in [3.8, 4) is 0 Å². The van der Waals surface area contributed by atoms with Crippen molar-refractivity contribution in [2.24, 2.45) is 0 Å². The van der Waals surface area contributed by atoms with Crippen molar-refractivity contribution in [2.75, 3.05) is 6.54 Å². The highest BCUT2D eigenvalue weighted by Crippen LogP contribution is 2.32. The van der Waals surface area contributed by atoms with E-state index >= 15 is 0 Å². The van der Waals surface area contributed by atoms with Gasteiger partial charge in [-0.25, -0.2) is 4.79 Å². The maximum atomic E-state index is 12.8. The number of urea groups is 1. The van der Waals surface area contributed by atoms with Crippen LogP contribution in [0.4, 0.5) is 4.79 Å². The number of carbonyl (C=O) groups excluding carboxylic acids is 1. The molecule has 1 aromatic carbocycles. The number of benzene rings is 1. The van der Waals surface area contributed by atoms with E-state index in [2.05, 4.69) is 23.5 Å². The van der Waals surface area contributed by atoms with Crippen molar-refractivity contribution in [3.63, 3.8) is 0 Å². The summed E-state index contributed by atoms with van der Waals surface area (Å²) < 4.78 is 5.28. The molecule has 2 N–H and O–H groups in total. The average Bonchev–Trinajstić information content (AvgIpc) is 3.36. The Kier molecular flexibility index (Phi) is 4.49. The molecule has 1 fully saturated rings. The molecule has 0 saturated carbocycles. The number of aryl methyl sites for hydroxylation is 1. The van der Waals surface area contributed by atoms with E-state index in [4.69, 9.17) is 4.42 Å². The fourth-order valence-corrected chi connectivity index (χ4v) is 4.14. The van der Waals surface area contributed by atoms with Gasteiger partial charge in [0.25, 0.3) is 0 Å². The molecular weight excluding hydrogens is 316 g/mol. The summed E-state index contributed by atoms with van der Waals surface area (Å²) >= 11 is 0. The van der Waals surface area contributed by atoms with Crippen LogP contribution in [0, 0.1) is 0 Å². The molecule has 1 aliphatic carbocycles. The highest BCUT2D eigenvalue weighted by Gasteiger charge is 2.33. The summed E-state index contributed by atoms with van der Waals surface area (Å²) in [5, 5.41) is 13.5. The number of likely N-dealkylation sites (tertiary alicyclic amines) is 1. The Morgan fingerprint density at radius 3 is 3.00 bits per heavy atom. The molecule has 0 bridgehead atoms. The Bertz CT molecular complexity index is 728. The molecule has 1 aromatic heterocycles. The van der Waals surface area contributed by atoms with Gasteiger partial charge in [-0.3, -0.25) is 0 Å². The number of rotatable bonds is 4. The van der Waals surface area contributed by atoms with Gasteiger partial charge in [-0.1, -0.05) is 24.3 Å². The normalized spacial score (nSPS) is 23.5. The van der Waals surface area contributed by atoms with Gasteiger partial charge in [0, 0.05) is 19.0 Å². The monoisotopic (exact) mass is 340 g/mol. The predicted octanol–water partition coefficient (Wildman–Crippen LogP) is 3.56. The summed E-state index contributed by atoms with van der Waals surface area (Å²) in [6, 6.07) is 12.0. The van der Waals surface area contributed by atoms with Gasteiger partial charge in [0.15, 0.2) is 0 Å². The van der Waals surface area contributed by atoms with Crippen LogP contribution in [0.1, 0.15) is 54.7 Å². The van der Waals surface area contributed by atoms with Gasteiger partial charge in [-0.2, -0.15) is 0 Å². The summed E-state index contributed by atoms with van der Waals surface area (Å²) in [4.78, 5) is 14.7. The van der Waals surface area contributed by atoms with Crippen LogP contribution < -0.4 is 5.32 Å². The van der Waals surface area contributed by atoms with E-state index in [0.29, 0.717) is 12.2 Å². The molecule has 0 spiro atoms. The van der Waals surface area contributed by atoms with E-state index in [1.54, 1.807) is 18.4 Å². The SMILES string of the molecule is O=C(N[C@@H]1CCc2ccccc21)N1CCC[C@H]1C[C@@H](O)c1ccco1. The van der Waals surface area contributed by atoms with Crippen LogP contribution in [0.3, 0.4) is 0 Å². The smallest absolute Gasteiger partial charge is 0.318 e. The highest BCUT2D eigenvalue weighted by atomic mass is 16.4. The lowest BCUT2D eigenvalue weighted by Crippen LogP contribution is -2.44. The number of fused-ring (bicyclic) bond motifs is 1. The van der Waals surface area contributed by atoms with Gasteiger partial charge < -0.3 is 19.7 Å². The zero-order valence-corrected chi connectivity index (χ0v) is 14.2. The minimum absolute atomic E-state index is 0.0177. The predicted molar refractivity (Wildman–Crippen MR) is 94.0 cm³/mol. The third kappa shape index (κ3) is 3.29. The number of nitrogens with zero attached hydrogens (tertiary/aromatic N) is 1. The van der Waals surface area contributed by atoms with Crippen LogP contribution in [0.25, 0.3) is 0 Å². The number of hydrogen-bond donors (Lipinski definition) is 2. The second kappa shape index (κ2) is 6.92. The third-order valence-electron chi connectivity index (χ3n) is 5.44. The Labute approximate surface area is 147 Å². The maximum absolute atomic E-state index is 12.8. The molecule has 3 atom stereocenters. The molecule has 1 saturated heterocycles. The molecule has 2 aromatic rings. The van der Waals surface area contributed by atoms with Crippen molar-refractivity contribution >= 4 is 6.03 Å². The largest absolute Gasteiger partial charge is 0.467 e. The van der Waals surface area contributed by atoms with Crippen molar-refractivity contribution in [2.45, 2.75) is 50.3 Å². The summed E-state index contributed by atoms with van der Waals surface area (Å²) in [6.45, 7) is 0.746. The van der Waals surface area contributed by atoms with Gasteiger partial charge in [0.05, 0.1) is 12.3 Å². The number of nitrogens with one attached hydrogen (secondary N) is 1. The molecule has 5 nitrogen and oxygen atoms in total. The van der Waals surface area contributed by atoms with E-state index in [1.165, 1.54) is 11.1 Å². The fourth-order valence-electron chi connectivity index (χ4n) is 4.14. The van der Waals surface area contributed by atoms with Gasteiger partial charge in [0.1, 0.15) is 11.9 Å². The van der Waals surface area contributed by atoms with E-state index in [1.807, 2.05) is 11.0 Å². The van der Waals surface area contributed by atoms with Crippen molar-refractivity contribution in [1.82, 2.24) is 10.2 Å². The topological polar surface area (TPSA) is 65.7 Å². The number of aliphatic hydroxyl groups is 1. The van der Waals surface area contributed by atoms with Gasteiger partial charge in [-0.15, -0.1) is 0 Å². The first-order valence-corrected chi connectivity index (χ1v) is 9.09. The van der Waals surface area contributed by atoms with Gasteiger partial charge in [-0.05, 0) is 48.9 Å². The summed E-state index contributed by atoms with van der Waals surface area (Å²) in [7, 11) is 0. The van der Waals surface area contributed by atoms with Crippen LogP contribution in [0.2, 0.25) is 0 Å². The minimum Gasteiger partial charge on any atom is -0.467 e. The van der Waals surface area contributed by atoms with Crippen LogP contribution in [0.5, 0.6) is 0 Å². The lowest BCUT2D eigenvalue weighted by molar-refractivity contribution is 0.107. The molecule has 0 unspecified atom stereocenters. The number of amides is 2. The zero-order valence-electron chi connectivity index (χ0n) is 14.2. The second-order valence-electron chi connectivity index (χ2n) is 7.00. The van der Waals surface area contributed by atoms with Crippen molar-refractivity contribution < 1.29 is 14.3 Å². The van der Waals surface area contributed by atoms with Crippen LogP contribution in [0.15, 0.2) is 47.1 Å². The number of furan rings is 1.